The number of ether oxygens (including phenoxy) is 1. The van der Waals surface area contributed by atoms with Crippen molar-refractivity contribution in [3.05, 3.63) is 64.1 Å². The van der Waals surface area contributed by atoms with Gasteiger partial charge in [0.05, 0.1) is 5.54 Å². The number of nitrogens with zero attached hydrogens (tertiary/aromatic N) is 2. The van der Waals surface area contributed by atoms with Crippen LogP contribution in [-0.4, -0.2) is 60.4 Å². The Morgan fingerprint density at radius 2 is 1.79 bits per heavy atom. The minimum Gasteiger partial charge on any atom is -0.449 e. The number of carbonyl (C=O) groups is 3. The van der Waals surface area contributed by atoms with Gasteiger partial charge in [-0.05, 0) is 87.3 Å². The minimum atomic E-state index is -1.31. The predicted octanol–water partition coefficient (Wildman–Crippen LogP) is 4.47. The molecule has 0 bridgehead atoms. The maximum Gasteiger partial charge on any atom is 0.306 e. The molecular weight excluding hydrogens is 505 g/mol. The molecule has 0 unspecified atom stereocenters. The molecule has 0 radical (unpaired) electrons. The van der Waals surface area contributed by atoms with Gasteiger partial charge in [0.25, 0.3) is 5.91 Å². The van der Waals surface area contributed by atoms with Crippen LogP contribution in [0.4, 0.5) is 4.39 Å². The van der Waals surface area contributed by atoms with E-state index in [2.05, 4.69) is 11.0 Å². The average molecular weight is 542 g/mol. The first-order chi connectivity index (χ1) is 18.1. The molecule has 4 rings (SSSR count). The maximum atomic E-state index is 13.2. The number of hydrogen-bond acceptors (Lipinski definition) is 6. The van der Waals surface area contributed by atoms with Gasteiger partial charge in [-0.2, -0.15) is 0 Å². The van der Waals surface area contributed by atoms with Crippen LogP contribution in [0.2, 0.25) is 0 Å². The molecule has 1 saturated carbocycles. The van der Waals surface area contributed by atoms with Gasteiger partial charge in [0, 0.05) is 30.8 Å². The van der Waals surface area contributed by atoms with Crippen molar-refractivity contribution in [2.24, 2.45) is 5.73 Å². The van der Waals surface area contributed by atoms with Gasteiger partial charge in [-0.25, -0.2) is 4.39 Å². The molecule has 2 heterocycles. The fourth-order valence-electron chi connectivity index (χ4n) is 5.56. The predicted molar refractivity (Wildman–Crippen MR) is 146 cm³/mol. The van der Waals surface area contributed by atoms with Crippen LogP contribution in [0.25, 0.3) is 5.57 Å². The molecule has 2 aromatic rings. The molecule has 1 aromatic carbocycles. The van der Waals surface area contributed by atoms with E-state index in [9.17, 15) is 18.8 Å². The van der Waals surface area contributed by atoms with E-state index in [0.29, 0.717) is 51.6 Å². The molecule has 1 aliphatic carbocycles. The average Bonchev–Trinajstić information content (AvgIpc) is 3.45. The summed E-state index contributed by atoms with van der Waals surface area (Å²) < 4.78 is 18.9. The van der Waals surface area contributed by atoms with Gasteiger partial charge in [0.2, 0.25) is 5.91 Å². The summed E-state index contributed by atoms with van der Waals surface area (Å²) in [6.45, 7) is 1.06. The number of primary amides is 1. The van der Waals surface area contributed by atoms with Gasteiger partial charge in [-0.1, -0.05) is 24.3 Å². The number of hydrogen-bond donors (Lipinski definition) is 1. The summed E-state index contributed by atoms with van der Waals surface area (Å²) in [7, 11) is 4.06. The van der Waals surface area contributed by atoms with Crippen LogP contribution in [0.1, 0.15) is 61.8 Å². The van der Waals surface area contributed by atoms with Gasteiger partial charge in [-0.3, -0.25) is 19.3 Å². The highest BCUT2D eigenvalue weighted by atomic mass is 32.1. The second kappa shape index (κ2) is 11.8. The van der Waals surface area contributed by atoms with Crippen molar-refractivity contribution in [1.82, 2.24) is 9.80 Å². The van der Waals surface area contributed by atoms with Crippen molar-refractivity contribution in [2.75, 3.05) is 27.2 Å². The lowest BCUT2D eigenvalue weighted by Gasteiger charge is -2.47. The van der Waals surface area contributed by atoms with Crippen molar-refractivity contribution < 1.29 is 23.5 Å². The lowest BCUT2D eigenvalue weighted by molar-refractivity contribution is -0.174. The Morgan fingerprint density at radius 3 is 2.34 bits per heavy atom. The Hall–Kier alpha value is -3.04. The third-order valence-corrected chi connectivity index (χ3v) is 9.09. The van der Waals surface area contributed by atoms with Crippen LogP contribution in [0.3, 0.4) is 0 Å². The van der Waals surface area contributed by atoms with Crippen molar-refractivity contribution in [3.63, 3.8) is 0 Å². The van der Waals surface area contributed by atoms with E-state index >= 15 is 0 Å². The van der Waals surface area contributed by atoms with E-state index in [1.807, 2.05) is 31.6 Å². The van der Waals surface area contributed by atoms with Gasteiger partial charge >= 0.3 is 5.97 Å². The summed E-state index contributed by atoms with van der Waals surface area (Å²) in [5, 5.41) is 2.04. The largest absolute Gasteiger partial charge is 0.449 e. The number of thiophene rings is 1. The standard InChI is InChI=1S/C29H36FN3O4S/c1-32(2)28(24-5-4-20-38-24)14-16-29(17-15-28,27(31)36)37-26(35)7-3-6-25(34)33-18-12-22(13-19-33)21-8-10-23(30)11-9-21/h4-5,8-12,20H,3,6-7,13-19H2,1-2H3,(H2,31,36). The SMILES string of the molecule is CN(C)C1(c2cccs2)CCC(OC(=O)CCCC(=O)N2CC=C(c3ccc(F)cc3)CC2)(C(N)=O)CC1. The summed E-state index contributed by atoms with van der Waals surface area (Å²) >= 11 is 1.69. The number of rotatable bonds is 9. The summed E-state index contributed by atoms with van der Waals surface area (Å²) in [6, 6.07) is 10.5. The van der Waals surface area contributed by atoms with E-state index in [-0.39, 0.29) is 30.1 Å². The Bertz CT molecular complexity index is 1170. The Balaban J connectivity index is 1.26. The molecule has 0 atom stereocenters. The molecule has 0 saturated heterocycles. The molecule has 7 nitrogen and oxygen atoms in total. The number of esters is 1. The third kappa shape index (κ3) is 5.99. The van der Waals surface area contributed by atoms with Gasteiger partial charge in [-0.15, -0.1) is 11.3 Å². The van der Waals surface area contributed by atoms with E-state index in [1.54, 1.807) is 28.4 Å². The molecule has 204 valence electrons. The highest BCUT2D eigenvalue weighted by molar-refractivity contribution is 7.10. The van der Waals surface area contributed by atoms with Crippen molar-refractivity contribution >= 4 is 34.7 Å². The quantitative estimate of drug-likeness (QED) is 0.473. The third-order valence-electron chi connectivity index (χ3n) is 8.03. The first kappa shape index (κ1) is 28.0. The number of carbonyl (C=O) groups excluding carboxylic acids is 3. The zero-order valence-corrected chi connectivity index (χ0v) is 22.9. The molecule has 1 aromatic heterocycles. The topological polar surface area (TPSA) is 92.9 Å². The molecule has 1 aliphatic heterocycles. The van der Waals surface area contributed by atoms with Gasteiger partial charge in [0.15, 0.2) is 5.60 Å². The van der Waals surface area contributed by atoms with Crippen LogP contribution >= 0.6 is 11.3 Å². The minimum absolute atomic E-state index is 0.0267. The highest BCUT2D eigenvalue weighted by Gasteiger charge is 2.50. The van der Waals surface area contributed by atoms with E-state index in [4.69, 9.17) is 10.5 Å². The second-order valence-corrected chi connectivity index (χ2v) is 11.4. The molecule has 2 amide bonds. The fraction of sp³-hybridized carbons (Fsp3) is 0.483. The number of nitrogens with two attached hydrogens (primary N) is 1. The van der Waals surface area contributed by atoms with Crippen LogP contribution in [-0.2, 0) is 24.7 Å². The van der Waals surface area contributed by atoms with Crippen molar-refractivity contribution in [1.29, 1.82) is 0 Å². The maximum absolute atomic E-state index is 13.2. The zero-order chi connectivity index (χ0) is 27.3. The molecule has 9 heteroatoms. The summed E-state index contributed by atoms with van der Waals surface area (Å²) in [6.07, 6.45) is 5.32. The highest BCUT2D eigenvalue weighted by Crippen LogP contribution is 2.47. The molecular formula is C29H36FN3O4S. The van der Waals surface area contributed by atoms with Crippen molar-refractivity contribution in [2.45, 2.75) is 62.5 Å². The first-order valence-corrected chi connectivity index (χ1v) is 14.0. The lowest BCUT2D eigenvalue weighted by Crippen LogP contribution is -2.55. The van der Waals surface area contributed by atoms with E-state index in [0.717, 1.165) is 11.1 Å². The zero-order valence-electron chi connectivity index (χ0n) is 22.1. The fourth-order valence-corrected chi connectivity index (χ4v) is 6.62. The smallest absolute Gasteiger partial charge is 0.306 e. The first-order valence-electron chi connectivity index (χ1n) is 13.1. The van der Waals surface area contributed by atoms with Crippen molar-refractivity contribution in [3.8, 4) is 0 Å². The second-order valence-electron chi connectivity index (χ2n) is 10.4. The Morgan fingerprint density at radius 1 is 1.08 bits per heavy atom. The molecule has 38 heavy (non-hydrogen) atoms. The normalized spacial score (nSPS) is 23.7. The summed E-state index contributed by atoms with van der Waals surface area (Å²) in [5.41, 5.74) is 6.29. The lowest BCUT2D eigenvalue weighted by atomic mass is 9.72. The summed E-state index contributed by atoms with van der Waals surface area (Å²) in [4.78, 5) is 43.0. The van der Waals surface area contributed by atoms with Gasteiger partial charge in [0.1, 0.15) is 5.82 Å². The van der Waals surface area contributed by atoms with E-state index in [1.165, 1.54) is 17.0 Å². The number of amides is 2. The van der Waals surface area contributed by atoms with Crippen LogP contribution in [0, 0.1) is 5.82 Å². The van der Waals surface area contributed by atoms with Gasteiger partial charge < -0.3 is 15.4 Å². The molecule has 2 aliphatic rings. The Labute approximate surface area is 227 Å². The molecule has 1 fully saturated rings. The number of benzene rings is 1. The van der Waals surface area contributed by atoms with E-state index < -0.39 is 17.5 Å². The van der Waals surface area contributed by atoms with Crippen LogP contribution in [0.15, 0.2) is 47.9 Å². The van der Waals surface area contributed by atoms with Crippen LogP contribution in [0.5, 0.6) is 0 Å². The number of halogens is 1. The molecule has 0 spiro atoms. The summed E-state index contributed by atoms with van der Waals surface area (Å²) in [5.74, 6) is -1.41. The van der Waals surface area contributed by atoms with Crippen LogP contribution < -0.4 is 5.73 Å². The molecule has 2 N–H and O–H groups in total. The monoisotopic (exact) mass is 541 g/mol. The Kier molecular flexibility index (Phi) is 8.67.